The van der Waals surface area contributed by atoms with Crippen LogP contribution in [0.15, 0.2) is 48.5 Å². The molecule has 0 bridgehead atoms. The molecule has 0 amide bonds. The lowest BCUT2D eigenvalue weighted by Crippen LogP contribution is -2.25. The number of ether oxygens (including phenoxy) is 2. The van der Waals surface area contributed by atoms with E-state index in [0.717, 1.165) is 18.0 Å². The number of hydrogen-bond acceptors (Lipinski definition) is 3. The molecule has 2 aromatic carbocycles. The molecule has 1 atom stereocenters. The Bertz CT molecular complexity index is 576. The van der Waals surface area contributed by atoms with Gasteiger partial charge in [0.15, 0.2) is 0 Å². The summed E-state index contributed by atoms with van der Waals surface area (Å²) in [7, 11) is 1.69. The lowest BCUT2D eigenvalue weighted by Gasteiger charge is -2.23. The topological polar surface area (TPSA) is 30.5 Å². The zero-order valence-corrected chi connectivity index (χ0v) is 14.5. The van der Waals surface area contributed by atoms with Gasteiger partial charge in [-0.2, -0.15) is 0 Å². The standard InChI is InChI=1S/C20H27NO2/c1-5-23-19-10-6-16(7-11-19)14-21-20(15(2)3)17-8-12-18(22-4)13-9-17/h6-13,15,20-21H,5,14H2,1-4H3. The molecule has 23 heavy (non-hydrogen) atoms. The Balaban J connectivity index is 2.01. The second-order valence-corrected chi connectivity index (χ2v) is 5.95. The average molecular weight is 313 g/mol. The maximum Gasteiger partial charge on any atom is 0.119 e. The van der Waals surface area contributed by atoms with Crippen molar-refractivity contribution in [3.8, 4) is 11.5 Å². The molecule has 0 saturated carbocycles. The van der Waals surface area contributed by atoms with E-state index in [1.807, 2.05) is 31.2 Å². The molecule has 0 fully saturated rings. The summed E-state index contributed by atoms with van der Waals surface area (Å²) in [6.07, 6.45) is 0. The molecule has 1 unspecified atom stereocenters. The van der Waals surface area contributed by atoms with Crippen molar-refractivity contribution in [2.75, 3.05) is 13.7 Å². The molecular weight excluding hydrogens is 286 g/mol. The van der Waals surface area contributed by atoms with Gasteiger partial charge in [-0.25, -0.2) is 0 Å². The van der Waals surface area contributed by atoms with Crippen LogP contribution in [0.1, 0.15) is 37.9 Å². The van der Waals surface area contributed by atoms with E-state index in [4.69, 9.17) is 9.47 Å². The van der Waals surface area contributed by atoms with Crippen LogP contribution in [-0.4, -0.2) is 13.7 Å². The third-order valence-electron chi connectivity index (χ3n) is 3.90. The van der Waals surface area contributed by atoms with Crippen molar-refractivity contribution < 1.29 is 9.47 Å². The van der Waals surface area contributed by atoms with Gasteiger partial charge in [0.2, 0.25) is 0 Å². The first-order valence-corrected chi connectivity index (χ1v) is 8.23. The second-order valence-electron chi connectivity index (χ2n) is 5.95. The molecule has 3 nitrogen and oxygen atoms in total. The quantitative estimate of drug-likeness (QED) is 0.773. The van der Waals surface area contributed by atoms with Gasteiger partial charge < -0.3 is 14.8 Å². The van der Waals surface area contributed by atoms with E-state index in [2.05, 4.69) is 43.4 Å². The van der Waals surface area contributed by atoms with Crippen LogP contribution in [0.25, 0.3) is 0 Å². The molecule has 0 aromatic heterocycles. The fourth-order valence-corrected chi connectivity index (χ4v) is 2.65. The number of hydrogen-bond donors (Lipinski definition) is 1. The first-order chi connectivity index (χ1) is 11.1. The normalized spacial score (nSPS) is 12.2. The van der Waals surface area contributed by atoms with Crippen LogP contribution in [0.5, 0.6) is 11.5 Å². The Hall–Kier alpha value is -2.00. The van der Waals surface area contributed by atoms with E-state index in [1.54, 1.807) is 7.11 Å². The molecule has 3 heteroatoms. The SMILES string of the molecule is CCOc1ccc(CNC(c2ccc(OC)cc2)C(C)C)cc1. The molecule has 0 saturated heterocycles. The van der Waals surface area contributed by atoms with Crippen LogP contribution in [0.2, 0.25) is 0 Å². The Kier molecular flexibility index (Phi) is 6.48. The van der Waals surface area contributed by atoms with Crippen LogP contribution in [0, 0.1) is 5.92 Å². The molecule has 0 heterocycles. The molecule has 0 spiro atoms. The Morgan fingerprint density at radius 3 is 2.04 bits per heavy atom. The van der Waals surface area contributed by atoms with Gasteiger partial charge in [-0.1, -0.05) is 38.1 Å². The molecule has 124 valence electrons. The van der Waals surface area contributed by atoms with Crippen molar-refractivity contribution in [2.24, 2.45) is 5.92 Å². The summed E-state index contributed by atoms with van der Waals surface area (Å²) >= 11 is 0. The second kappa shape index (κ2) is 8.59. The summed E-state index contributed by atoms with van der Waals surface area (Å²) in [5.41, 5.74) is 2.54. The molecule has 0 aliphatic heterocycles. The van der Waals surface area contributed by atoms with Gasteiger partial charge in [0.05, 0.1) is 13.7 Å². The number of methoxy groups -OCH3 is 1. The fourth-order valence-electron chi connectivity index (χ4n) is 2.65. The summed E-state index contributed by atoms with van der Waals surface area (Å²) in [6.45, 7) is 8.00. The Labute approximate surface area is 139 Å². The van der Waals surface area contributed by atoms with Crippen LogP contribution < -0.4 is 14.8 Å². The zero-order chi connectivity index (χ0) is 16.7. The van der Waals surface area contributed by atoms with Gasteiger partial charge in [-0.05, 0) is 48.2 Å². The van der Waals surface area contributed by atoms with E-state index in [-0.39, 0.29) is 0 Å². The highest BCUT2D eigenvalue weighted by Gasteiger charge is 2.15. The van der Waals surface area contributed by atoms with Crippen molar-refractivity contribution in [3.63, 3.8) is 0 Å². The van der Waals surface area contributed by atoms with Gasteiger partial charge in [-0.3, -0.25) is 0 Å². The summed E-state index contributed by atoms with van der Waals surface area (Å²) in [4.78, 5) is 0. The van der Waals surface area contributed by atoms with E-state index in [1.165, 1.54) is 11.1 Å². The zero-order valence-electron chi connectivity index (χ0n) is 14.5. The third-order valence-corrected chi connectivity index (χ3v) is 3.90. The minimum atomic E-state index is 0.312. The molecule has 2 rings (SSSR count). The van der Waals surface area contributed by atoms with Crippen molar-refractivity contribution in [3.05, 3.63) is 59.7 Å². The Morgan fingerprint density at radius 1 is 0.913 bits per heavy atom. The molecule has 0 radical (unpaired) electrons. The average Bonchev–Trinajstić information content (AvgIpc) is 2.57. The molecule has 0 aliphatic carbocycles. The predicted molar refractivity (Wildman–Crippen MR) is 95.0 cm³/mol. The minimum absolute atomic E-state index is 0.312. The van der Waals surface area contributed by atoms with E-state index < -0.39 is 0 Å². The molecule has 1 N–H and O–H groups in total. The monoisotopic (exact) mass is 313 g/mol. The van der Waals surface area contributed by atoms with Crippen LogP contribution in [0.3, 0.4) is 0 Å². The predicted octanol–water partition coefficient (Wildman–Crippen LogP) is 4.58. The summed E-state index contributed by atoms with van der Waals surface area (Å²) < 4.78 is 10.7. The first kappa shape index (κ1) is 17.4. The van der Waals surface area contributed by atoms with Crippen LogP contribution in [-0.2, 0) is 6.54 Å². The fraction of sp³-hybridized carbons (Fsp3) is 0.400. The number of rotatable bonds is 8. The lowest BCUT2D eigenvalue weighted by atomic mass is 9.95. The Morgan fingerprint density at radius 2 is 1.52 bits per heavy atom. The largest absolute Gasteiger partial charge is 0.497 e. The van der Waals surface area contributed by atoms with Gasteiger partial charge in [0.25, 0.3) is 0 Å². The van der Waals surface area contributed by atoms with E-state index in [9.17, 15) is 0 Å². The maximum atomic E-state index is 5.48. The smallest absolute Gasteiger partial charge is 0.119 e. The highest BCUT2D eigenvalue weighted by atomic mass is 16.5. The van der Waals surface area contributed by atoms with Crippen LogP contribution >= 0.6 is 0 Å². The molecule has 0 aliphatic rings. The number of benzene rings is 2. The van der Waals surface area contributed by atoms with E-state index >= 15 is 0 Å². The summed E-state index contributed by atoms with van der Waals surface area (Å²) in [6, 6.07) is 16.9. The maximum absolute atomic E-state index is 5.48. The van der Waals surface area contributed by atoms with Gasteiger partial charge in [0, 0.05) is 12.6 Å². The highest BCUT2D eigenvalue weighted by Crippen LogP contribution is 2.24. The van der Waals surface area contributed by atoms with Crippen LogP contribution in [0.4, 0.5) is 0 Å². The molecular formula is C20H27NO2. The van der Waals surface area contributed by atoms with Crippen molar-refractivity contribution >= 4 is 0 Å². The summed E-state index contributed by atoms with van der Waals surface area (Å²) in [5.74, 6) is 2.32. The minimum Gasteiger partial charge on any atom is -0.497 e. The molecule has 2 aromatic rings. The van der Waals surface area contributed by atoms with Gasteiger partial charge in [0.1, 0.15) is 11.5 Å². The third kappa shape index (κ3) is 5.00. The van der Waals surface area contributed by atoms with Crippen molar-refractivity contribution in [1.29, 1.82) is 0 Å². The van der Waals surface area contributed by atoms with Gasteiger partial charge in [-0.15, -0.1) is 0 Å². The first-order valence-electron chi connectivity index (χ1n) is 8.23. The van der Waals surface area contributed by atoms with Gasteiger partial charge >= 0.3 is 0 Å². The summed E-state index contributed by atoms with van der Waals surface area (Å²) in [5, 5.41) is 3.66. The van der Waals surface area contributed by atoms with E-state index in [0.29, 0.717) is 18.6 Å². The van der Waals surface area contributed by atoms with Crippen molar-refractivity contribution in [2.45, 2.75) is 33.4 Å². The highest BCUT2D eigenvalue weighted by molar-refractivity contribution is 5.30. The number of nitrogens with one attached hydrogen (secondary N) is 1. The lowest BCUT2D eigenvalue weighted by molar-refractivity contribution is 0.340. The van der Waals surface area contributed by atoms with Crippen molar-refractivity contribution in [1.82, 2.24) is 5.32 Å².